The average molecular weight is 266 g/mol. The fourth-order valence-electron chi connectivity index (χ4n) is 1.71. The maximum absolute atomic E-state index is 5.57. The first kappa shape index (κ1) is 12.6. The number of hydrogen-bond donors (Lipinski definition) is 1. The second-order valence-electron chi connectivity index (χ2n) is 3.50. The molecule has 2 rings (SSSR count). The van der Waals surface area contributed by atoms with Crippen LogP contribution >= 0.6 is 11.8 Å². The lowest BCUT2D eigenvalue weighted by Gasteiger charge is -2.13. The van der Waals surface area contributed by atoms with Gasteiger partial charge in [0.15, 0.2) is 23.1 Å². The Kier molecular flexibility index (Phi) is 3.66. The number of hydrogen-bond acceptors (Lipinski definition) is 6. The van der Waals surface area contributed by atoms with Gasteiger partial charge in [-0.05, 0) is 18.4 Å². The molecule has 0 atom stereocenters. The molecule has 18 heavy (non-hydrogen) atoms. The van der Waals surface area contributed by atoms with Gasteiger partial charge < -0.3 is 19.7 Å². The summed E-state index contributed by atoms with van der Waals surface area (Å²) >= 11 is 1.55. The van der Waals surface area contributed by atoms with Crippen LogP contribution in [0.5, 0.6) is 11.5 Å². The molecule has 0 fully saturated rings. The molecule has 0 amide bonds. The van der Waals surface area contributed by atoms with Crippen molar-refractivity contribution in [2.45, 2.75) is 4.90 Å². The fourth-order valence-corrected chi connectivity index (χ4v) is 2.47. The fraction of sp³-hybridized carbons (Fsp3) is 0.250. The third-order valence-electron chi connectivity index (χ3n) is 2.50. The molecule has 5 nitrogen and oxygen atoms in total. The average Bonchev–Trinajstić information content (AvgIpc) is 2.83. The van der Waals surface area contributed by atoms with Gasteiger partial charge in [-0.25, -0.2) is 0 Å². The molecule has 6 heteroatoms. The van der Waals surface area contributed by atoms with E-state index in [1.54, 1.807) is 32.0 Å². The lowest BCUT2D eigenvalue weighted by Crippen LogP contribution is -1.94. The van der Waals surface area contributed by atoms with E-state index in [2.05, 4.69) is 5.16 Å². The van der Waals surface area contributed by atoms with E-state index in [1.807, 2.05) is 18.4 Å². The van der Waals surface area contributed by atoms with Gasteiger partial charge in [-0.1, -0.05) is 5.16 Å². The molecule has 0 radical (unpaired) electrons. The minimum atomic E-state index is 0.354. The van der Waals surface area contributed by atoms with Crippen LogP contribution in [0.4, 0.5) is 5.82 Å². The molecule has 96 valence electrons. The Balaban J connectivity index is 2.61. The van der Waals surface area contributed by atoms with Crippen LogP contribution in [-0.2, 0) is 0 Å². The first-order valence-corrected chi connectivity index (χ1v) is 6.45. The van der Waals surface area contributed by atoms with Crippen molar-refractivity contribution in [3.63, 3.8) is 0 Å². The van der Waals surface area contributed by atoms with Crippen molar-refractivity contribution in [1.82, 2.24) is 5.16 Å². The normalized spacial score (nSPS) is 10.4. The minimum Gasteiger partial charge on any atom is -0.493 e. The molecule has 0 unspecified atom stereocenters. The Morgan fingerprint density at radius 2 is 2.06 bits per heavy atom. The zero-order chi connectivity index (χ0) is 13.1. The molecule has 2 N–H and O–H groups in total. The van der Waals surface area contributed by atoms with E-state index < -0.39 is 0 Å². The molecule has 0 spiro atoms. The lowest BCUT2D eigenvalue weighted by atomic mass is 10.1. The summed E-state index contributed by atoms with van der Waals surface area (Å²) in [6, 6.07) is 5.40. The van der Waals surface area contributed by atoms with E-state index in [-0.39, 0.29) is 0 Å². The van der Waals surface area contributed by atoms with Crippen molar-refractivity contribution >= 4 is 17.6 Å². The van der Waals surface area contributed by atoms with Crippen molar-refractivity contribution in [2.24, 2.45) is 0 Å². The predicted molar refractivity (Wildman–Crippen MR) is 71.2 cm³/mol. The van der Waals surface area contributed by atoms with Gasteiger partial charge in [0, 0.05) is 11.6 Å². The smallest absolute Gasteiger partial charge is 0.175 e. The van der Waals surface area contributed by atoms with E-state index >= 15 is 0 Å². The van der Waals surface area contributed by atoms with Crippen LogP contribution in [-0.4, -0.2) is 25.6 Å². The van der Waals surface area contributed by atoms with Gasteiger partial charge in [0.2, 0.25) is 0 Å². The van der Waals surface area contributed by atoms with Crippen LogP contribution in [0, 0.1) is 0 Å². The molecule has 0 saturated carbocycles. The van der Waals surface area contributed by atoms with Crippen LogP contribution in [0.2, 0.25) is 0 Å². The van der Waals surface area contributed by atoms with Gasteiger partial charge >= 0.3 is 0 Å². The number of nitrogen functional groups attached to an aromatic ring is 1. The van der Waals surface area contributed by atoms with Gasteiger partial charge in [0.05, 0.1) is 19.1 Å². The number of benzene rings is 1. The standard InChI is InChI=1S/C12H14N2O3S/c1-15-8-5-4-7(9-6-10(13)14-17-9)12(18-3)11(8)16-2/h4-6H,1-3H3,(H2,13,14). The topological polar surface area (TPSA) is 70.5 Å². The maximum Gasteiger partial charge on any atom is 0.175 e. The Bertz CT molecular complexity index is 554. The predicted octanol–water partition coefficient (Wildman–Crippen LogP) is 2.66. The number of ether oxygens (including phenoxy) is 2. The van der Waals surface area contributed by atoms with Crippen LogP contribution in [0.1, 0.15) is 0 Å². The van der Waals surface area contributed by atoms with Crippen molar-refractivity contribution < 1.29 is 14.0 Å². The Morgan fingerprint density at radius 1 is 1.28 bits per heavy atom. The van der Waals surface area contributed by atoms with Crippen LogP contribution in [0.25, 0.3) is 11.3 Å². The van der Waals surface area contributed by atoms with Gasteiger partial charge in [0.1, 0.15) is 0 Å². The Hall–Kier alpha value is -1.82. The summed E-state index contributed by atoms with van der Waals surface area (Å²) in [5.41, 5.74) is 6.45. The third-order valence-corrected chi connectivity index (χ3v) is 3.31. The maximum atomic E-state index is 5.57. The molecule has 1 aromatic heterocycles. The Morgan fingerprint density at radius 3 is 2.56 bits per heavy atom. The third kappa shape index (κ3) is 2.11. The molecular formula is C12H14N2O3S. The number of aromatic nitrogens is 1. The minimum absolute atomic E-state index is 0.354. The van der Waals surface area contributed by atoms with E-state index in [0.29, 0.717) is 23.1 Å². The van der Waals surface area contributed by atoms with Crippen molar-refractivity contribution in [3.8, 4) is 22.8 Å². The molecule has 0 bridgehead atoms. The molecule has 1 heterocycles. The summed E-state index contributed by atoms with van der Waals surface area (Å²) in [5, 5.41) is 3.69. The summed E-state index contributed by atoms with van der Waals surface area (Å²) in [5.74, 6) is 2.32. The molecule has 0 aliphatic rings. The van der Waals surface area contributed by atoms with Crippen molar-refractivity contribution in [3.05, 3.63) is 18.2 Å². The summed E-state index contributed by atoms with van der Waals surface area (Å²) < 4.78 is 15.8. The van der Waals surface area contributed by atoms with Crippen molar-refractivity contribution in [1.29, 1.82) is 0 Å². The highest BCUT2D eigenvalue weighted by molar-refractivity contribution is 7.98. The van der Waals surface area contributed by atoms with E-state index in [0.717, 1.165) is 10.5 Å². The number of anilines is 1. The van der Waals surface area contributed by atoms with E-state index in [9.17, 15) is 0 Å². The molecule has 2 aromatic rings. The number of methoxy groups -OCH3 is 2. The lowest BCUT2D eigenvalue weighted by molar-refractivity contribution is 0.348. The first-order chi connectivity index (χ1) is 8.71. The molecule has 0 aliphatic heterocycles. The highest BCUT2D eigenvalue weighted by Crippen LogP contribution is 2.43. The SMILES string of the molecule is COc1ccc(-c2cc(N)no2)c(SC)c1OC. The number of nitrogens with two attached hydrogens (primary N) is 1. The molecule has 1 aromatic carbocycles. The molecule has 0 saturated heterocycles. The number of rotatable bonds is 4. The highest BCUT2D eigenvalue weighted by atomic mass is 32.2. The zero-order valence-electron chi connectivity index (χ0n) is 10.4. The van der Waals surface area contributed by atoms with Crippen LogP contribution < -0.4 is 15.2 Å². The largest absolute Gasteiger partial charge is 0.493 e. The summed E-state index contributed by atoms with van der Waals surface area (Å²) in [7, 11) is 3.21. The highest BCUT2D eigenvalue weighted by Gasteiger charge is 2.18. The van der Waals surface area contributed by atoms with Gasteiger partial charge in [-0.3, -0.25) is 0 Å². The van der Waals surface area contributed by atoms with Crippen LogP contribution in [0.3, 0.4) is 0 Å². The zero-order valence-corrected chi connectivity index (χ0v) is 11.2. The van der Waals surface area contributed by atoms with Gasteiger partial charge in [-0.2, -0.15) is 0 Å². The Labute approximate surface area is 109 Å². The number of nitrogens with zero attached hydrogens (tertiary/aromatic N) is 1. The summed E-state index contributed by atoms with van der Waals surface area (Å²) in [6.07, 6.45) is 1.96. The second kappa shape index (κ2) is 5.22. The van der Waals surface area contributed by atoms with Crippen LogP contribution in [0.15, 0.2) is 27.6 Å². The molecule has 0 aliphatic carbocycles. The molecular weight excluding hydrogens is 252 g/mol. The number of thioether (sulfide) groups is 1. The quantitative estimate of drug-likeness (QED) is 0.858. The summed E-state index contributed by atoms with van der Waals surface area (Å²) in [4.78, 5) is 0.924. The van der Waals surface area contributed by atoms with E-state index in [4.69, 9.17) is 19.7 Å². The summed E-state index contributed by atoms with van der Waals surface area (Å²) in [6.45, 7) is 0. The van der Waals surface area contributed by atoms with E-state index in [1.165, 1.54) is 0 Å². The van der Waals surface area contributed by atoms with Crippen molar-refractivity contribution in [2.75, 3.05) is 26.2 Å². The van der Waals surface area contributed by atoms with Gasteiger partial charge in [-0.15, -0.1) is 11.8 Å². The monoisotopic (exact) mass is 266 g/mol. The second-order valence-corrected chi connectivity index (χ2v) is 4.31. The van der Waals surface area contributed by atoms with Gasteiger partial charge in [0.25, 0.3) is 0 Å². The first-order valence-electron chi connectivity index (χ1n) is 5.22.